The van der Waals surface area contributed by atoms with Gasteiger partial charge in [0.15, 0.2) is 0 Å². The minimum absolute atomic E-state index is 0.0837. The van der Waals surface area contributed by atoms with Crippen LogP contribution in [0.2, 0.25) is 0 Å². The molecule has 0 bridgehead atoms. The van der Waals surface area contributed by atoms with Crippen LogP contribution in [0.15, 0.2) is 53.9 Å². The molecule has 2 aromatic carbocycles. The molecule has 2 amide bonds. The smallest absolute Gasteiger partial charge is 0.323 e. The van der Waals surface area contributed by atoms with Gasteiger partial charge in [0.05, 0.1) is 12.2 Å². The summed E-state index contributed by atoms with van der Waals surface area (Å²) < 4.78 is 0. The number of nitrogens with one attached hydrogen (secondary N) is 1. The Balaban J connectivity index is 1.70. The number of hydrogen-bond acceptors (Lipinski definition) is 5. The van der Waals surface area contributed by atoms with Crippen molar-refractivity contribution in [2.45, 2.75) is 85.5 Å². The number of aliphatic carboxylic acids is 1. The first-order valence-electron chi connectivity index (χ1n) is 13.8. The number of carboxylic acid groups (broad SMARTS) is 1. The van der Waals surface area contributed by atoms with Gasteiger partial charge in [-0.25, -0.2) is 9.78 Å². The molecule has 0 radical (unpaired) electrons. The monoisotopic (exact) mass is 550 g/mol. The molecule has 2 N–H and O–H groups in total. The lowest BCUT2D eigenvalue weighted by Crippen LogP contribution is -2.44. The van der Waals surface area contributed by atoms with Gasteiger partial charge < -0.3 is 20.2 Å². The maximum Gasteiger partial charge on any atom is 0.323 e. The molecule has 0 saturated heterocycles. The Morgan fingerprint density at radius 2 is 1.59 bits per heavy atom. The summed E-state index contributed by atoms with van der Waals surface area (Å²) in [4.78, 5) is 32.1. The molecule has 8 heteroatoms. The summed E-state index contributed by atoms with van der Waals surface area (Å²) in [6.07, 6.45) is 2.31. The van der Waals surface area contributed by atoms with E-state index in [9.17, 15) is 14.7 Å². The minimum atomic E-state index is -1.06. The fraction of sp³-hybridized carbons (Fsp3) is 0.452. The highest BCUT2D eigenvalue weighted by atomic mass is 32.1. The highest BCUT2D eigenvalue weighted by Gasteiger charge is 2.20. The summed E-state index contributed by atoms with van der Waals surface area (Å²) in [6.45, 7) is 13.2. The van der Waals surface area contributed by atoms with Crippen molar-refractivity contribution < 1.29 is 14.7 Å². The average molecular weight is 551 g/mol. The zero-order chi connectivity index (χ0) is 28.5. The zero-order valence-electron chi connectivity index (χ0n) is 24.0. The molecule has 3 rings (SSSR count). The molecule has 7 nitrogen and oxygen atoms in total. The molecular weight excluding hydrogens is 508 g/mol. The number of benzene rings is 2. The van der Waals surface area contributed by atoms with Crippen molar-refractivity contribution in [3.05, 3.63) is 70.0 Å². The van der Waals surface area contributed by atoms with E-state index in [2.05, 4.69) is 91.4 Å². The second-order valence-corrected chi connectivity index (χ2v) is 11.4. The molecule has 0 aliphatic rings. The predicted molar refractivity (Wildman–Crippen MR) is 160 cm³/mol. The topological polar surface area (TPSA) is 85.8 Å². The highest BCUT2D eigenvalue weighted by Crippen LogP contribution is 2.28. The fourth-order valence-corrected chi connectivity index (χ4v) is 5.45. The third kappa shape index (κ3) is 8.55. The lowest BCUT2D eigenvalue weighted by molar-refractivity contribution is -0.137. The molecule has 1 aromatic heterocycles. The number of carbonyl (C=O) groups excluding carboxylic acids is 1. The highest BCUT2D eigenvalue weighted by molar-refractivity contribution is 7.09. The molecule has 0 fully saturated rings. The molecule has 0 saturated carbocycles. The minimum Gasteiger partial charge on any atom is -0.480 e. The second kappa shape index (κ2) is 14.1. The summed E-state index contributed by atoms with van der Waals surface area (Å²) in [7, 11) is 0. The number of carbonyl (C=O) groups is 2. The van der Waals surface area contributed by atoms with Crippen LogP contribution in [0, 0.1) is 0 Å². The van der Waals surface area contributed by atoms with Gasteiger partial charge in [0.1, 0.15) is 11.6 Å². The van der Waals surface area contributed by atoms with Crippen LogP contribution >= 0.6 is 11.3 Å². The van der Waals surface area contributed by atoms with E-state index >= 15 is 0 Å². The maximum atomic E-state index is 12.4. The SMILES string of the molecule is CCC(CC)c1ccc(N(Cc2ccc(-c3csc(CN(CC(=O)O)C(=O)NC(C)C)n3)cc2)C(C)C)cc1. The first kappa shape index (κ1) is 30.2. The summed E-state index contributed by atoms with van der Waals surface area (Å²) in [5.41, 5.74) is 5.65. The first-order valence-corrected chi connectivity index (χ1v) is 14.7. The number of aromatic nitrogens is 1. The molecule has 3 aromatic rings. The summed E-state index contributed by atoms with van der Waals surface area (Å²) in [6, 6.07) is 17.3. The molecule has 0 unspecified atom stereocenters. The van der Waals surface area contributed by atoms with E-state index in [1.165, 1.54) is 33.1 Å². The number of rotatable bonds is 13. The van der Waals surface area contributed by atoms with Crippen molar-refractivity contribution in [3.8, 4) is 11.3 Å². The first-order chi connectivity index (χ1) is 18.6. The molecule has 0 aliphatic carbocycles. The van der Waals surface area contributed by atoms with Crippen LogP contribution in [-0.4, -0.2) is 45.6 Å². The quantitative estimate of drug-likeness (QED) is 0.236. The molecule has 0 aliphatic heterocycles. The molecular formula is C31H42N4O3S. The van der Waals surface area contributed by atoms with Gasteiger partial charge in [-0.1, -0.05) is 50.2 Å². The van der Waals surface area contributed by atoms with Crippen LogP contribution in [0.4, 0.5) is 10.5 Å². The van der Waals surface area contributed by atoms with E-state index in [0.29, 0.717) is 17.0 Å². The van der Waals surface area contributed by atoms with E-state index in [4.69, 9.17) is 0 Å². The lowest BCUT2D eigenvalue weighted by Gasteiger charge is -2.30. The van der Waals surface area contributed by atoms with E-state index in [-0.39, 0.29) is 19.1 Å². The summed E-state index contributed by atoms with van der Waals surface area (Å²) >= 11 is 1.42. The molecule has 1 heterocycles. The van der Waals surface area contributed by atoms with Gasteiger partial charge >= 0.3 is 12.0 Å². The van der Waals surface area contributed by atoms with Gasteiger partial charge in [-0.2, -0.15) is 0 Å². The summed E-state index contributed by atoms with van der Waals surface area (Å²) in [5, 5.41) is 14.6. The van der Waals surface area contributed by atoms with Crippen LogP contribution in [0.3, 0.4) is 0 Å². The Kier molecular flexibility index (Phi) is 10.9. The largest absolute Gasteiger partial charge is 0.480 e. The van der Waals surface area contributed by atoms with E-state index in [0.717, 1.165) is 30.6 Å². The van der Waals surface area contributed by atoms with Gasteiger partial charge in [0, 0.05) is 35.3 Å². The standard InChI is InChI=1S/C31H42N4O3S/c1-7-24(8-2)25-13-15-27(16-14-25)35(22(5)6)17-23-9-11-26(12-10-23)28-20-39-29(33-28)18-34(19-30(36)37)31(38)32-21(3)4/h9-16,20-22,24H,7-8,17-19H2,1-6H3,(H,32,38)(H,36,37). The van der Waals surface area contributed by atoms with Gasteiger partial charge in [0.2, 0.25) is 0 Å². The van der Waals surface area contributed by atoms with Crippen molar-refractivity contribution in [2.75, 3.05) is 11.4 Å². The van der Waals surface area contributed by atoms with Crippen LogP contribution in [0.1, 0.15) is 76.4 Å². The Bertz CT molecular complexity index is 1200. The second-order valence-electron chi connectivity index (χ2n) is 10.5. The summed E-state index contributed by atoms with van der Waals surface area (Å²) in [5.74, 6) is -0.443. The van der Waals surface area contributed by atoms with Gasteiger partial charge in [-0.3, -0.25) is 4.79 Å². The number of anilines is 1. The Morgan fingerprint density at radius 1 is 0.949 bits per heavy atom. The number of thiazole rings is 1. The Hall–Kier alpha value is -3.39. The third-order valence-corrected chi connectivity index (χ3v) is 7.64. The number of amides is 2. The number of carboxylic acids is 1. The molecule has 39 heavy (non-hydrogen) atoms. The Morgan fingerprint density at radius 3 is 2.13 bits per heavy atom. The van der Waals surface area contributed by atoms with Crippen LogP contribution < -0.4 is 10.2 Å². The lowest BCUT2D eigenvalue weighted by atomic mass is 9.94. The Labute approximate surface area is 236 Å². The van der Waals surface area contributed by atoms with Crippen LogP contribution in [0.25, 0.3) is 11.3 Å². The van der Waals surface area contributed by atoms with Gasteiger partial charge in [-0.05, 0) is 69.7 Å². The van der Waals surface area contributed by atoms with Crippen LogP contribution in [-0.2, 0) is 17.9 Å². The third-order valence-electron chi connectivity index (χ3n) is 6.81. The van der Waals surface area contributed by atoms with Gasteiger partial charge in [-0.15, -0.1) is 11.3 Å². The molecule has 210 valence electrons. The van der Waals surface area contributed by atoms with Crippen molar-refractivity contribution >= 4 is 29.0 Å². The predicted octanol–water partition coefficient (Wildman–Crippen LogP) is 7.13. The van der Waals surface area contributed by atoms with Crippen molar-refractivity contribution in [2.24, 2.45) is 0 Å². The zero-order valence-corrected chi connectivity index (χ0v) is 24.8. The average Bonchev–Trinajstić information content (AvgIpc) is 3.36. The van der Waals surface area contributed by atoms with Crippen LogP contribution in [0.5, 0.6) is 0 Å². The van der Waals surface area contributed by atoms with Crippen molar-refractivity contribution in [1.82, 2.24) is 15.2 Å². The van der Waals surface area contributed by atoms with E-state index in [1.54, 1.807) is 0 Å². The fourth-order valence-electron chi connectivity index (χ4n) is 4.63. The van der Waals surface area contributed by atoms with Crippen molar-refractivity contribution in [1.29, 1.82) is 0 Å². The van der Waals surface area contributed by atoms with Crippen molar-refractivity contribution in [3.63, 3.8) is 0 Å². The molecule has 0 spiro atoms. The molecule has 0 atom stereocenters. The number of hydrogen-bond donors (Lipinski definition) is 2. The van der Waals surface area contributed by atoms with Gasteiger partial charge in [0.25, 0.3) is 0 Å². The van der Waals surface area contributed by atoms with E-state index in [1.807, 2.05) is 19.2 Å². The number of urea groups is 1. The van der Waals surface area contributed by atoms with E-state index < -0.39 is 12.0 Å². The maximum absolute atomic E-state index is 12.4. The normalized spacial score (nSPS) is 11.3. The number of nitrogens with zero attached hydrogens (tertiary/aromatic N) is 3.